The van der Waals surface area contributed by atoms with Crippen LogP contribution in [0, 0.1) is 5.41 Å². The molecule has 10 heavy (non-hydrogen) atoms. The van der Waals surface area contributed by atoms with Crippen molar-refractivity contribution in [1.29, 1.82) is 5.41 Å². The molecule has 0 saturated carbocycles. The van der Waals surface area contributed by atoms with Crippen LogP contribution in [0.3, 0.4) is 0 Å². The molecule has 1 fully saturated rings. The molecule has 1 rings (SSSR count). The highest BCUT2D eigenvalue weighted by molar-refractivity contribution is 6.12. The summed E-state index contributed by atoms with van der Waals surface area (Å²) >= 11 is 0. The lowest BCUT2D eigenvalue weighted by molar-refractivity contribution is 0.213. The van der Waals surface area contributed by atoms with E-state index in [4.69, 9.17) is 5.41 Å². The number of amidine groups is 1. The van der Waals surface area contributed by atoms with E-state index in [9.17, 15) is 4.79 Å². The fraction of sp³-hybridized carbons (Fsp3) is 0.333. The first-order valence-corrected chi connectivity index (χ1v) is 2.85. The van der Waals surface area contributed by atoms with Crippen LogP contribution in [0.4, 0.5) is 4.79 Å². The number of carbonyl (C=O) groups excluding carboxylic acids is 1. The molecule has 0 bridgehead atoms. The molecule has 54 valence electrons. The first-order chi connectivity index (χ1) is 4.55. The van der Waals surface area contributed by atoms with Gasteiger partial charge in [-0.05, 0) is 0 Å². The molecule has 0 aromatic heterocycles. The number of nitrogens with zero attached hydrogens (tertiary/aromatic N) is 2. The standard InChI is InChI=1S/C6H9N3O/c1-4-5(7)9(3)6(10)8(4)2/h7H,1H2,2-3H3. The van der Waals surface area contributed by atoms with Gasteiger partial charge in [-0.2, -0.15) is 0 Å². The Labute approximate surface area is 59.2 Å². The second-order valence-electron chi connectivity index (χ2n) is 2.20. The number of hydrogen-bond donors (Lipinski definition) is 1. The minimum Gasteiger partial charge on any atom is -0.294 e. The minimum atomic E-state index is -0.199. The zero-order valence-electron chi connectivity index (χ0n) is 6.01. The van der Waals surface area contributed by atoms with E-state index in [1.165, 1.54) is 9.80 Å². The number of nitrogens with one attached hydrogen (secondary N) is 1. The maximum absolute atomic E-state index is 11.0. The van der Waals surface area contributed by atoms with Crippen molar-refractivity contribution >= 4 is 11.9 Å². The van der Waals surface area contributed by atoms with Crippen molar-refractivity contribution in [2.75, 3.05) is 14.1 Å². The highest BCUT2D eigenvalue weighted by Crippen LogP contribution is 2.14. The maximum atomic E-state index is 11.0. The van der Waals surface area contributed by atoms with Crippen LogP contribution < -0.4 is 0 Å². The monoisotopic (exact) mass is 139 g/mol. The van der Waals surface area contributed by atoms with Crippen molar-refractivity contribution in [3.8, 4) is 0 Å². The van der Waals surface area contributed by atoms with E-state index in [0.717, 1.165) is 0 Å². The molecule has 2 amide bonds. The summed E-state index contributed by atoms with van der Waals surface area (Å²) < 4.78 is 0. The van der Waals surface area contributed by atoms with Gasteiger partial charge in [-0.1, -0.05) is 6.58 Å². The largest absolute Gasteiger partial charge is 0.329 e. The Morgan fingerprint density at radius 3 is 2.00 bits per heavy atom. The predicted octanol–water partition coefficient (Wildman–Crippen LogP) is 0.475. The van der Waals surface area contributed by atoms with Crippen molar-refractivity contribution in [3.63, 3.8) is 0 Å². The third-order valence-corrected chi connectivity index (χ3v) is 1.59. The molecule has 1 N–H and O–H groups in total. The van der Waals surface area contributed by atoms with Crippen molar-refractivity contribution in [2.45, 2.75) is 0 Å². The molecule has 1 heterocycles. The lowest BCUT2D eigenvalue weighted by Crippen LogP contribution is -2.26. The Morgan fingerprint density at radius 2 is 1.90 bits per heavy atom. The average molecular weight is 139 g/mol. The Bertz CT molecular complexity index is 199. The van der Waals surface area contributed by atoms with Gasteiger partial charge in [0.1, 0.15) is 0 Å². The predicted molar refractivity (Wildman–Crippen MR) is 37.8 cm³/mol. The molecule has 0 spiro atoms. The summed E-state index contributed by atoms with van der Waals surface area (Å²) in [6.07, 6.45) is 0. The van der Waals surface area contributed by atoms with E-state index in [-0.39, 0.29) is 11.9 Å². The van der Waals surface area contributed by atoms with Gasteiger partial charge in [-0.15, -0.1) is 0 Å². The molecule has 0 aromatic carbocycles. The van der Waals surface area contributed by atoms with Crippen LogP contribution >= 0.6 is 0 Å². The number of carbonyl (C=O) groups is 1. The fourth-order valence-corrected chi connectivity index (χ4v) is 0.789. The first kappa shape index (κ1) is 6.80. The van der Waals surface area contributed by atoms with Crippen LogP contribution in [0.25, 0.3) is 0 Å². The van der Waals surface area contributed by atoms with Gasteiger partial charge in [0.25, 0.3) is 0 Å². The Morgan fingerprint density at radius 1 is 1.40 bits per heavy atom. The smallest absolute Gasteiger partial charge is 0.294 e. The fourth-order valence-electron chi connectivity index (χ4n) is 0.789. The van der Waals surface area contributed by atoms with Gasteiger partial charge in [-0.3, -0.25) is 15.2 Å². The normalized spacial score (nSPS) is 19.2. The quantitative estimate of drug-likeness (QED) is 0.521. The molecule has 0 atom stereocenters. The van der Waals surface area contributed by atoms with Crippen molar-refractivity contribution in [2.24, 2.45) is 0 Å². The third kappa shape index (κ3) is 0.618. The molecular weight excluding hydrogens is 130 g/mol. The van der Waals surface area contributed by atoms with Gasteiger partial charge in [0.15, 0.2) is 5.84 Å². The SMILES string of the molecule is C=C1C(=N)N(C)C(=O)N1C. The van der Waals surface area contributed by atoms with E-state index >= 15 is 0 Å². The van der Waals surface area contributed by atoms with Gasteiger partial charge in [0, 0.05) is 14.1 Å². The molecule has 0 unspecified atom stereocenters. The molecule has 1 aliphatic heterocycles. The number of hydrogen-bond acceptors (Lipinski definition) is 2. The van der Waals surface area contributed by atoms with E-state index in [1.54, 1.807) is 14.1 Å². The number of rotatable bonds is 0. The molecule has 4 heteroatoms. The molecule has 0 radical (unpaired) electrons. The maximum Gasteiger partial charge on any atom is 0.329 e. The van der Waals surface area contributed by atoms with Gasteiger partial charge in [-0.25, -0.2) is 4.79 Å². The summed E-state index contributed by atoms with van der Waals surface area (Å²) in [6, 6.07) is -0.199. The summed E-state index contributed by atoms with van der Waals surface area (Å²) in [5.41, 5.74) is 0.451. The van der Waals surface area contributed by atoms with E-state index in [1.807, 2.05) is 0 Å². The van der Waals surface area contributed by atoms with Gasteiger partial charge >= 0.3 is 6.03 Å². The number of urea groups is 1. The summed E-state index contributed by atoms with van der Waals surface area (Å²) in [5.74, 6) is 0.174. The van der Waals surface area contributed by atoms with E-state index < -0.39 is 0 Å². The molecule has 0 aromatic rings. The van der Waals surface area contributed by atoms with Crippen molar-refractivity contribution < 1.29 is 4.79 Å². The Balaban J connectivity index is 3.00. The lowest BCUT2D eigenvalue weighted by atomic mass is 10.4. The van der Waals surface area contributed by atoms with E-state index in [2.05, 4.69) is 6.58 Å². The van der Waals surface area contributed by atoms with Crippen LogP contribution in [-0.2, 0) is 0 Å². The number of amides is 2. The second kappa shape index (κ2) is 1.83. The Kier molecular flexibility index (Phi) is 1.24. The molecule has 0 aliphatic carbocycles. The average Bonchev–Trinajstić information content (AvgIpc) is 2.07. The summed E-state index contributed by atoms with van der Waals surface area (Å²) in [6.45, 7) is 3.56. The zero-order chi connectivity index (χ0) is 7.89. The van der Waals surface area contributed by atoms with Crippen LogP contribution in [0.15, 0.2) is 12.3 Å². The lowest BCUT2D eigenvalue weighted by Gasteiger charge is -2.06. The summed E-state index contributed by atoms with van der Waals surface area (Å²) in [7, 11) is 3.15. The van der Waals surface area contributed by atoms with Crippen LogP contribution in [0.2, 0.25) is 0 Å². The summed E-state index contributed by atoms with van der Waals surface area (Å²) in [5, 5.41) is 7.29. The topological polar surface area (TPSA) is 47.4 Å². The van der Waals surface area contributed by atoms with Gasteiger partial charge in [0.2, 0.25) is 0 Å². The molecule has 4 nitrogen and oxygen atoms in total. The van der Waals surface area contributed by atoms with E-state index in [0.29, 0.717) is 5.70 Å². The highest BCUT2D eigenvalue weighted by Gasteiger charge is 2.30. The van der Waals surface area contributed by atoms with Crippen LogP contribution in [0.1, 0.15) is 0 Å². The molecular formula is C6H9N3O. The van der Waals surface area contributed by atoms with Gasteiger partial charge < -0.3 is 0 Å². The summed E-state index contributed by atoms with van der Waals surface area (Å²) in [4.78, 5) is 13.6. The minimum absolute atomic E-state index is 0.174. The van der Waals surface area contributed by atoms with Crippen LogP contribution in [-0.4, -0.2) is 35.8 Å². The Hall–Kier alpha value is -1.32. The number of likely N-dealkylation sites (N-methyl/N-ethyl adjacent to an activating group) is 2. The van der Waals surface area contributed by atoms with Crippen molar-refractivity contribution in [3.05, 3.63) is 12.3 Å². The van der Waals surface area contributed by atoms with Crippen molar-refractivity contribution in [1.82, 2.24) is 9.80 Å². The second-order valence-corrected chi connectivity index (χ2v) is 2.20. The molecule has 1 saturated heterocycles. The molecule has 1 aliphatic rings. The van der Waals surface area contributed by atoms with Gasteiger partial charge in [0.05, 0.1) is 5.70 Å². The first-order valence-electron chi connectivity index (χ1n) is 2.85. The zero-order valence-corrected chi connectivity index (χ0v) is 6.01. The third-order valence-electron chi connectivity index (χ3n) is 1.59. The van der Waals surface area contributed by atoms with Crippen LogP contribution in [0.5, 0.6) is 0 Å². The highest BCUT2D eigenvalue weighted by atomic mass is 16.2.